The predicted octanol–water partition coefficient (Wildman–Crippen LogP) is 2.03. The number of halogens is 1. The Kier molecular flexibility index (Phi) is 5.55. The summed E-state index contributed by atoms with van der Waals surface area (Å²) in [4.78, 5) is 27.8. The Morgan fingerprint density at radius 2 is 2.06 bits per heavy atom. The van der Waals surface area contributed by atoms with Gasteiger partial charge in [-0.3, -0.25) is 4.79 Å². The standard InChI is InChI=1S/C23H22ClN3O4S2/c1-11-16(19(23(30)31)27-18(11)17(12(2)28)20(27)29)15-9-26-10-25(21(32-3)22(26)33-15)8-13-4-6-14(24)7-5-13/h4-7,9-12,17-18,28H,8H2,1-3H3/t11-,12+,17+,18+/m0/s1. The zero-order chi connectivity index (χ0) is 23.6. The quantitative estimate of drug-likeness (QED) is 0.316. The molecule has 2 aliphatic heterocycles. The van der Waals surface area contributed by atoms with Gasteiger partial charge < -0.3 is 19.9 Å². The number of nitrogens with zero attached hydrogens (tertiary/aromatic N) is 3. The van der Waals surface area contributed by atoms with E-state index in [4.69, 9.17) is 11.6 Å². The number of thiazole rings is 1. The van der Waals surface area contributed by atoms with E-state index in [1.165, 1.54) is 16.2 Å². The summed E-state index contributed by atoms with van der Waals surface area (Å²) >= 11 is 9.12. The topological polar surface area (TPSA) is 89.0 Å². The molecule has 2 aromatic heterocycles. The summed E-state index contributed by atoms with van der Waals surface area (Å²) in [5.74, 6) is -2.54. The molecule has 33 heavy (non-hydrogen) atoms. The number of aromatic nitrogens is 2. The van der Waals surface area contributed by atoms with Crippen LogP contribution < -0.4 is 9.67 Å². The van der Waals surface area contributed by atoms with Gasteiger partial charge in [0.15, 0.2) is 0 Å². The Balaban J connectivity index is 1.55. The van der Waals surface area contributed by atoms with Gasteiger partial charge in [0.05, 0.1) is 34.6 Å². The van der Waals surface area contributed by atoms with E-state index >= 15 is 0 Å². The number of β-lactam (4-membered cyclic amide) rings is 1. The highest BCUT2D eigenvalue weighted by molar-refractivity contribution is 7.98. The van der Waals surface area contributed by atoms with Crippen LogP contribution in [0.5, 0.6) is 0 Å². The third-order valence-electron chi connectivity index (χ3n) is 6.50. The lowest BCUT2D eigenvalue weighted by Gasteiger charge is -2.47. The first-order valence-corrected chi connectivity index (χ1v) is 12.9. The maximum atomic E-state index is 12.6. The van der Waals surface area contributed by atoms with Crippen molar-refractivity contribution in [3.63, 3.8) is 0 Å². The van der Waals surface area contributed by atoms with Crippen LogP contribution in [0.25, 0.3) is 10.4 Å². The molecule has 1 fully saturated rings. The van der Waals surface area contributed by atoms with E-state index in [2.05, 4.69) is 4.57 Å². The van der Waals surface area contributed by atoms with Crippen LogP contribution in [0.2, 0.25) is 5.02 Å². The zero-order valence-corrected chi connectivity index (χ0v) is 20.6. The van der Waals surface area contributed by atoms with E-state index in [0.717, 1.165) is 20.3 Å². The first-order chi connectivity index (χ1) is 15.7. The monoisotopic (exact) mass is 503 g/mol. The minimum atomic E-state index is -1.36. The number of carbonyl (C=O) groups is 2. The van der Waals surface area contributed by atoms with Gasteiger partial charge in [0.25, 0.3) is 6.33 Å². The molecule has 4 heterocycles. The average Bonchev–Trinajstić information content (AvgIpc) is 3.36. The molecule has 7 nitrogen and oxygen atoms in total. The summed E-state index contributed by atoms with van der Waals surface area (Å²) in [5, 5.41) is 23.9. The van der Waals surface area contributed by atoms with Crippen molar-refractivity contribution in [1.29, 1.82) is 0 Å². The fraction of sp³-hybridized carbons (Fsp3) is 0.348. The minimum absolute atomic E-state index is 0.0707. The van der Waals surface area contributed by atoms with Crippen LogP contribution in [0.3, 0.4) is 0 Å². The molecule has 172 valence electrons. The lowest BCUT2D eigenvalue weighted by molar-refractivity contribution is -0.721. The second kappa shape index (κ2) is 8.16. The van der Waals surface area contributed by atoms with Crippen LogP contribution in [0.1, 0.15) is 24.3 Å². The number of aliphatic hydroxyl groups is 1. The van der Waals surface area contributed by atoms with E-state index in [1.54, 1.807) is 18.7 Å². The molecule has 2 aliphatic rings. The van der Waals surface area contributed by atoms with Crippen LogP contribution in [0.4, 0.5) is 0 Å². The van der Waals surface area contributed by atoms with E-state index in [1.807, 2.05) is 54.4 Å². The minimum Gasteiger partial charge on any atom is -0.543 e. The number of fused-ring (bicyclic) bond motifs is 2. The molecule has 1 N–H and O–H groups in total. The molecule has 5 rings (SSSR count). The summed E-state index contributed by atoms with van der Waals surface area (Å²) in [5.41, 5.74) is 1.65. The van der Waals surface area contributed by atoms with Crippen LogP contribution in [0, 0.1) is 11.8 Å². The maximum absolute atomic E-state index is 12.6. The zero-order valence-electron chi connectivity index (χ0n) is 18.2. The van der Waals surface area contributed by atoms with E-state index in [9.17, 15) is 19.8 Å². The van der Waals surface area contributed by atoms with Crippen molar-refractivity contribution in [2.75, 3.05) is 6.26 Å². The van der Waals surface area contributed by atoms with Crippen molar-refractivity contribution in [2.45, 2.75) is 37.6 Å². The number of carboxylic acids is 1. The molecule has 1 aromatic carbocycles. The number of imidazole rings is 1. The first kappa shape index (κ1) is 22.5. The van der Waals surface area contributed by atoms with E-state index in [0.29, 0.717) is 17.1 Å². The number of rotatable bonds is 6. The Labute approximate surface area is 203 Å². The Morgan fingerprint density at radius 3 is 2.67 bits per heavy atom. The van der Waals surface area contributed by atoms with Gasteiger partial charge >= 0.3 is 0 Å². The van der Waals surface area contributed by atoms with Gasteiger partial charge in [0.1, 0.15) is 12.7 Å². The largest absolute Gasteiger partial charge is 0.543 e. The number of carboxylic acid groups (broad SMARTS) is 1. The fourth-order valence-corrected chi connectivity index (χ4v) is 7.35. The van der Waals surface area contributed by atoms with Crippen molar-refractivity contribution < 1.29 is 24.4 Å². The Bertz CT molecular complexity index is 1310. The third-order valence-corrected chi connectivity index (χ3v) is 8.83. The second-order valence-corrected chi connectivity index (χ2v) is 10.8. The summed E-state index contributed by atoms with van der Waals surface area (Å²) in [6, 6.07) is 7.36. The molecular weight excluding hydrogens is 482 g/mol. The molecule has 0 radical (unpaired) electrons. The summed E-state index contributed by atoms with van der Waals surface area (Å²) in [7, 11) is 0. The molecule has 0 bridgehead atoms. The highest BCUT2D eigenvalue weighted by atomic mass is 35.5. The fourth-order valence-electron chi connectivity index (χ4n) is 5.04. The maximum Gasteiger partial charge on any atom is 0.250 e. The van der Waals surface area contributed by atoms with Crippen molar-refractivity contribution in [2.24, 2.45) is 11.8 Å². The average molecular weight is 504 g/mol. The number of thioether (sulfide) groups is 1. The number of carbonyl (C=O) groups excluding carboxylic acids is 2. The number of hydrogen-bond acceptors (Lipinski definition) is 6. The normalized spacial score (nSPS) is 23.2. The van der Waals surface area contributed by atoms with Gasteiger partial charge in [-0.1, -0.05) is 53.8 Å². The number of aliphatic hydroxyl groups excluding tert-OH is 1. The van der Waals surface area contributed by atoms with Gasteiger partial charge in [-0.25, -0.2) is 4.57 Å². The molecule has 0 saturated carbocycles. The molecule has 4 atom stereocenters. The predicted molar refractivity (Wildman–Crippen MR) is 125 cm³/mol. The van der Waals surface area contributed by atoms with Crippen molar-refractivity contribution in [3.8, 4) is 0 Å². The van der Waals surface area contributed by atoms with Crippen LogP contribution >= 0.6 is 34.7 Å². The van der Waals surface area contributed by atoms with Crippen LogP contribution in [-0.2, 0) is 16.1 Å². The van der Waals surface area contributed by atoms with Crippen LogP contribution in [0.15, 0.2) is 47.5 Å². The number of benzene rings is 1. The molecule has 0 spiro atoms. The molecule has 1 saturated heterocycles. The number of hydrogen-bond donors (Lipinski definition) is 1. The molecule has 0 unspecified atom stereocenters. The second-order valence-electron chi connectivity index (χ2n) is 8.49. The summed E-state index contributed by atoms with van der Waals surface area (Å²) in [6.07, 6.45) is 5.08. The summed E-state index contributed by atoms with van der Waals surface area (Å²) < 4.78 is 4.15. The molecule has 0 aliphatic carbocycles. The highest BCUT2D eigenvalue weighted by Crippen LogP contribution is 2.51. The SMILES string of the molecule is CSc1c2sc(C3=C(C(=O)[O-])N4C(=O)[C@H]([C@@H](C)O)[C@H]4[C@H]3C)cn2c[n+]1Cc1ccc(Cl)cc1. The first-order valence-electron chi connectivity index (χ1n) is 10.5. The van der Waals surface area contributed by atoms with Gasteiger partial charge in [0.2, 0.25) is 15.8 Å². The molecule has 3 aromatic rings. The Morgan fingerprint density at radius 1 is 1.36 bits per heavy atom. The van der Waals surface area contributed by atoms with E-state index < -0.39 is 18.0 Å². The molecule has 10 heteroatoms. The van der Waals surface area contributed by atoms with Gasteiger partial charge in [-0.2, -0.15) is 4.40 Å². The van der Waals surface area contributed by atoms with Crippen molar-refractivity contribution in [1.82, 2.24) is 9.30 Å². The number of aliphatic carboxylic acids is 1. The molecular formula is C23H22ClN3O4S2. The van der Waals surface area contributed by atoms with Gasteiger partial charge in [-0.15, -0.1) is 0 Å². The molecule has 1 amide bonds. The lowest BCUT2D eigenvalue weighted by Crippen LogP contribution is -2.64. The van der Waals surface area contributed by atoms with E-state index in [-0.39, 0.29) is 23.6 Å². The van der Waals surface area contributed by atoms with Gasteiger partial charge in [0, 0.05) is 16.5 Å². The third kappa shape index (κ3) is 3.41. The smallest absolute Gasteiger partial charge is 0.250 e. The van der Waals surface area contributed by atoms with Crippen molar-refractivity contribution >= 4 is 57.0 Å². The number of amides is 1. The van der Waals surface area contributed by atoms with Crippen LogP contribution in [-0.4, -0.2) is 44.7 Å². The van der Waals surface area contributed by atoms with Gasteiger partial charge in [-0.05, 0) is 30.9 Å². The summed E-state index contributed by atoms with van der Waals surface area (Å²) in [6.45, 7) is 4.17. The lowest BCUT2D eigenvalue weighted by atomic mass is 9.77. The Hall–Kier alpha value is -2.33. The van der Waals surface area contributed by atoms with Crippen molar-refractivity contribution in [3.05, 3.63) is 57.9 Å². The highest BCUT2D eigenvalue weighted by Gasteiger charge is 2.59.